The third kappa shape index (κ3) is 2.85. The van der Waals surface area contributed by atoms with Gasteiger partial charge in [0.15, 0.2) is 5.82 Å². The topological polar surface area (TPSA) is 28.3 Å². The summed E-state index contributed by atoms with van der Waals surface area (Å²) in [5.41, 5.74) is 1.64. The third-order valence-electron chi connectivity index (χ3n) is 3.81. The fraction of sp³-hybridized carbons (Fsp3) is 0.375. The first kappa shape index (κ1) is 14.6. The van der Waals surface area contributed by atoms with Gasteiger partial charge in [0.05, 0.1) is 12.6 Å². The summed E-state index contributed by atoms with van der Waals surface area (Å²) in [4.78, 5) is 5.22. The van der Waals surface area contributed by atoms with E-state index in [0.29, 0.717) is 17.3 Å². The fourth-order valence-corrected chi connectivity index (χ4v) is 2.22. The number of ether oxygens (including phenoxy) is 1. The molecule has 1 aromatic heterocycles. The largest absolute Gasteiger partial charge is 0.497 e. The number of methoxy groups -OCH3 is 1. The van der Waals surface area contributed by atoms with E-state index in [4.69, 9.17) is 4.74 Å². The number of H-pyrrole nitrogens is 1. The van der Waals surface area contributed by atoms with Crippen LogP contribution in [0.4, 0.5) is 4.39 Å². The highest BCUT2D eigenvalue weighted by molar-refractivity contribution is 5.85. The van der Waals surface area contributed by atoms with Crippen LogP contribution in [0.2, 0.25) is 0 Å². The zero-order valence-electron chi connectivity index (χ0n) is 12.2. The molecule has 3 nitrogen and oxygen atoms in total. The van der Waals surface area contributed by atoms with Gasteiger partial charge in [-0.25, -0.2) is 4.39 Å². The van der Waals surface area contributed by atoms with Crippen molar-refractivity contribution in [3.05, 3.63) is 42.4 Å². The average molecular weight is 276 g/mol. The lowest BCUT2D eigenvalue weighted by Gasteiger charge is -2.21. The Kier molecular flexibility index (Phi) is 4.45. The van der Waals surface area contributed by atoms with Gasteiger partial charge in [0.2, 0.25) is 0 Å². The summed E-state index contributed by atoms with van der Waals surface area (Å²) in [6.45, 7) is 6.79. The number of aromatic amines is 1. The molecule has 0 fully saturated rings. The molecule has 0 aliphatic rings. The number of hydrogen-bond donors (Lipinski definition) is 1. The fourth-order valence-electron chi connectivity index (χ4n) is 2.22. The van der Waals surface area contributed by atoms with Gasteiger partial charge in [-0.3, -0.25) is 4.90 Å². The molecule has 2 rings (SSSR count). The van der Waals surface area contributed by atoms with Crippen molar-refractivity contribution in [3.8, 4) is 5.75 Å². The van der Waals surface area contributed by atoms with E-state index in [9.17, 15) is 4.39 Å². The van der Waals surface area contributed by atoms with E-state index in [1.54, 1.807) is 7.11 Å². The number of hydrogen-bond acceptors (Lipinski definition) is 2. The number of fused-ring (bicyclic) bond motifs is 1. The molecule has 2 aromatic rings. The number of likely N-dealkylation sites (N-methyl/N-ethyl adjacent to an activating group) is 1. The van der Waals surface area contributed by atoms with E-state index in [1.807, 2.05) is 18.3 Å². The van der Waals surface area contributed by atoms with Crippen molar-refractivity contribution < 1.29 is 9.13 Å². The van der Waals surface area contributed by atoms with E-state index >= 15 is 0 Å². The molecular weight excluding hydrogens is 255 g/mol. The predicted octanol–water partition coefficient (Wildman–Crippen LogP) is 3.36. The van der Waals surface area contributed by atoms with E-state index in [2.05, 4.69) is 30.4 Å². The number of rotatable bonds is 6. The SMILES string of the molecule is C=CC(C)N(C)CCc1c[nH]c2c(F)cc(OC)cc12. The van der Waals surface area contributed by atoms with Crippen molar-refractivity contribution in [1.82, 2.24) is 9.88 Å². The number of nitrogens with zero attached hydrogens (tertiary/aromatic N) is 1. The second kappa shape index (κ2) is 6.09. The van der Waals surface area contributed by atoms with Crippen LogP contribution >= 0.6 is 0 Å². The Hall–Kier alpha value is -1.81. The summed E-state index contributed by atoms with van der Waals surface area (Å²) in [5.74, 6) is 0.266. The Morgan fingerprint density at radius 3 is 2.90 bits per heavy atom. The Balaban J connectivity index is 2.22. The molecule has 4 heteroatoms. The number of aromatic nitrogens is 1. The van der Waals surface area contributed by atoms with Crippen LogP contribution in [-0.2, 0) is 6.42 Å². The van der Waals surface area contributed by atoms with E-state index in [0.717, 1.165) is 23.9 Å². The first-order valence-corrected chi connectivity index (χ1v) is 6.73. The summed E-state index contributed by atoms with van der Waals surface area (Å²) >= 11 is 0. The number of nitrogens with one attached hydrogen (secondary N) is 1. The van der Waals surface area contributed by atoms with E-state index in [1.165, 1.54) is 6.07 Å². The summed E-state index contributed by atoms with van der Waals surface area (Å²) in [6, 6.07) is 3.60. The highest BCUT2D eigenvalue weighted by atomic mass is 19.1. The average Bonchev–Trinajstić information content (AvgIpc) is 2.87. The smallest absolute Gasteiger partial charge is 0.150 e. The first-order chi connectivity index (χ1) is 9.56. The van der Waals surface area contributed by atoms with E-state index in [-0.39, 0.29) is 5.82 Å². The number of benzene rings is 1. The van der Waals surface area contributed by atoms with Gasteiger partial charge in [-0.15, -0.1) is 6.58 Å². The van der Waals surface area contributed by atoms with Crippen LogP contribution < -0.4 is 4.74 Å². The van der Waals surface area contributed by atoms with Crippen LogP contribution in [0.25, 0.3) is 10.9 Å². The van der Waals surface area contributed by atoms with Crippen molar-refractivity contribution in [3.63, 3.8) is 0 Å². The molecule has 0 amide bonds. The molecule has 1 atom stereocenters. The van der Waals surface area contributed by atoms with Crippen LogP contribution in [-0.4, -0.2) is 36.6 Å². The minimum absolute atomic E-state index is 0.279. The van der Waals surface area contributed by atoms with Crippen molar-refractivity contribution >= 4 is 10.9 Å². The van der Waals surface area contributed by atoms with Crippen molar-refractivity contribution in [2.45, 2.75) is 19.4 Å². The van der Waals surface area contributed by atoms with Crippen LogP contribution in [0.5, 0.6) is 5.75 Å². The lowest BCUT2D eigenvalue weighted by Crippen LogP contribution is -2.29. The maximum Gasteiger partial charge on any atom is 0.150 e. The quantitative estimate of drug-likeness (QED) is 0.819. The van der Waals surface area contributed by atoms with Gasteiger partial charge in [0.1, 0.15) is 5.75 Å². The summed E-state index contributed by atoms with van der Waals surface area (Å²) in [5, 5.41) is 0.890. The van der Waals surface area contributed by atoms with Crippen LogP contribution in [0.3, 0.4) is 0 Å². The molecule has 0 aliphatic heterocycles. The van der Waals surface area contributed by atoms with Gasteiger partial charge in [-0.05, 0) is 32.0 Å². The standard InChI is InChI=1S/C16H21FN2O/c1-5-11(2)19(3)7-6-12-10-18-16-14(12)8-13(20-4)9-15(16)17/h5,8-11,18H,1,6-7H2,2-4H3. The highest BCUT2D eigenvalue weighted by Crippen LogP contribution is 2.27. The zero-order chi connectivity index (χ0) is 14.7. The molecule has 0 spiro atoms. The first-order valence-electron chi connectivity index (χ1n) is 6.73. The number of halogens is 1. The maximum atomic E-state index is 13.9. The Bertz CT molecular complexity index is 606. The highest BCUT2D eigenvalue weighted by Gasteiger charge is 2.12. The van der Waals surface area contributed by atoms with Gasteiger partial charge in [0, 0.05) is 30.2 Å². The molecule has 0 saturated heterocycles. The van der Waals surface area contributed by atoms with Gasteiger partial charge >= 0.3 is 0 Å². The molecule has 1 unspecified atom stereocenters. The van der Waals surface area contributed by atoms with Gasteiger partial charge in [-0.1, -0.05) is 6.08 Å². The van der Waals surface area contributed by atoms with Crippen LogP contribution in [0, 0.1) is 5.82 Å². The van der Waals surface area contributed by atoms with Crippen molar-refractivity contribution in [1.29, 1.82) is 0 Å². The molecule has 0 saturated carbocycles. The normalized spacial score (nSPS) is 12.8. The molecule has 0 bridgehead atoms. The van der Waals surface area contributed by atoms with Crippen molar-refractivity contribution in [2.24, 2.45) is 0 Å². The lowest BCUT2D eigenvalue weighted by molar-refractivity contribution is 0.301. The minimum Gasteiger partial charge on any atom is -0.497 e. The van der Waals surface area contributed by atoms with E-state index < -0.39 is 0 Å². The molecular formula is C16H21FN2O. The maximum absolute atomic E-state index is 13.9. The molecule has 0 radical (unpaired) electrons. The van der Waals surface area contributed by atoms with Crippen LogP contribution in [0.15, 0.2) is 31.0 Å². The monoisotopic (exact) mass is 276 g/mol. The Labute approximate surface area is 119 Å². The Morgan fingerprint density at radius 2 is 2.25 bits per heavy atom. The molecule has 0 aliphatic carbocycles. The van der Waals surface area contributed by atoms with Crippen molar-refractivity contribution in [2.75, 3.05) is 20.7 Å². The van der Waals surface area contributed by atoms with Gasteiger partial charge in [-0.2, -0.15) is 0 Å². The summed E-state index contributed by atoms with van der Waals surface area (Å²) in [6.07, 6.45) is 4.64. The predicted molar refractivity (Wildman–Crippen MR) is 80.8 cm³/mol. The molecule has 108 valence electrons. The molecule has 1 aromatic carbocycles. The Morgan fingerprint density at radius 1 is 1.50 bits per heavy atom. The van der Waals surface area contributed by atoms with Gasteiger partial charge in [0.25, 0.3) is 0 Å². The lowest BCUT2D eigenvalue weighted by atomic mass is 10.1. The second-order valence-corrected chi connectivity index (χ2v) is 5.05. The molecule has 1 heterocycles. The van der Waals surface area contributed by atoms with Crippen LogP contribution in [0.1, 0.15) is 12.5 Å². The molecule has 1 N–H and O–H groups in total. The molecule has 20 heavy (non-hydrogen) atoms. The summed E-state index contributed by atoms with van der Waals surface area (Å²) in [7, 11) is 3.61. The zero-order valence-corrected chi connectivity index (χ0v) is 12.2. The van der Waals surface area contributed by atoms with Gasteiger partial charge < -0.3 is 9.72 Å². The minimum atomic E-state index is -0.279. The second-order valence-electron chi connectivity index (χ2n) is 5.05. The summed E-state index contributed by atoms with van der Waals surface area (Å²) < 4.78 is 19.0. The third-order valence-corrected chi connectivity index (χ3v) is 3.81.